The molecule has 1 aliphatic rings. The van der Waals surface area contributed by atoms with Gasteiger partial charge in [0.25, 0.3) is 0 Å². The van der Waals surface area contributed by atoms with E-state index >= 15 is 0 Å². The number of hydrogen-bond donors (Lipinski definition) is 2. The minimum absolute atomic E-state index is 0.629. The highest BCUT2D eigenvalue weighted by atomic mass is 16.5. The summed E-state index contributed by atoms with van der Waals surface area (Å²) in [5, 5.41) is 6.79. The van der Waals surface area contributed by atoms with E-state index in [1.807, 2.05) is 27.0 Å². The van der Waals surface area contributed by atoms with Gasteiger partial charge in [-0.15, -0.1) is 0 Å². The van der Waals surface area contributed by atoms with E-state index in [1.165, 1.54) is 12.0 Å². The zero-order valence-electron chi connectivity index (χ0n) is 18.3. The fraction of sp³-hybridized carbons (Fsp3) is 0.682. The largest absolute Gasteiger partial charge is 0.490 e. The SMILES string of the molecule is CCOc1ccc(CCNC(=NC)NCCCCN2CCOCC2)cc1OCC. The molecule has 0 bridgehead atoms. The van der Waals surface area contributed by atoms with Crippen LogP contribution in [0.2, 0.25) is 0 Å². The summed E-state index contributed by atoms with van der Waals surface area (Å²) in [7, 11) is 1.81. The normalized spacial score (nSPS) is 15.2. The molecule has 2 rings (SSSR count). The molecule has 0 atom stereocenters. The smallest absolute Gasteiger partial charge is 0.190 e. The van der Waals surface area contributed by atoms with E-state index in [1.54, 1.807) is 0 Å². The van der Waals surface area contributed by atoms with Gasteiger partial charge in [0.15, 0.2) is 17.5 Å². The Kier molecular flexibility index (Phi) is 11.3. The van der Waals surface area contributed by atoms with Crippen LogP contribution in [-0.4, -0.2) is 77.1 Å². The lowest BCUT2D eigenvalue weighted by atomic mass is 10.1. The highest BCUT2D eigenvalue weighted by molar-refractivity contribution is 5.79. The van der Waals surface area contributed by atoms with Gasteiger partial charge in [0.1, 0.15) is 0 Å². The van der Waals surface area contributed by atoms with Gasteiger partial charge < -0.3 is 24.8 Å². The van der Waals surface area contributed by atoms with Crippen LogP contribution in [0, 0.1) is 0 Å². The number of morpholine rings is 1. The lowest BCUT2D eigenvalue weighted by Crippen LogP contribution is -2.39. The first-order valence-corrected chi connectivity index (χ1v) is 10.9. The molecule has 7 nitrogen and oxygen atoms in total. The zero-order valence-corrected chi connectivity index (χ0v) is 18.3. The molecule has 164 valence electrons. The van der Waals surface area contributed by atoms with Crippen molar-refractivity contribution in [2.45, 2.75) is 33.1 Å². The third-order valence-electron chi connectivity index (χ3n) is 4.83. The number of guanidine groups is 1. The molecule has 0 saturated carbocycles. The Morgan fingerprint density at radius 1 is 1.03 bits per heavy atom. The third-order valence-corrected chi connectivity index (χ3v) is 4.83. The van der Waals surface area contributed by atoms with Gasteiger partial charge in [0.05, 0.1) is 26.4 Å². The molecule has 2 N–H and O–H groups in total. The Morgan fingerprint density at radius 2 is 1.76 bits per heavy atom. The Bertz CT molecular complexity index is 604. The minimum atomic E-state index is 0.629. The monoisotopic (exact) mass is 406 g/mol. The van der Waals surface area contributed by atoms with Crippen molar-refractivity contribution in [3.05, 3.63) is 23.8 Å². The number of ether oxygens (including phenoxy) is 3. The first-order chi connectivity index (χ1) is 14.3. The predicted molar refractivity (Wildman–Crippen MR) is 118 cm³/mol. The number of hydrogen-bond acceptors (Lipinski definition) is 5. The quantitative estimate of drug-likeness (QED) is 0.315. The number of unbranched alkanes of at least 4 members (excludes halogenated alkanes) is 1. The van der Waals surface area contributed by atoms with Crippen molar-refractivity contribution in [3.8, 4) is 11.5 Å². The number of rotatable bonds is 12. The third kappa shape index (κ3) is 8.92. The van der Waals surface area contributed by atoms with Crippen molar-refractivity contribution in [2.24, 2.45) is 4.99 Å². The second-order valence-corrected chi connectivity index (χ2v) is 6.98. The van der Waals surface area contributed by atoms with Crippen molar-refractivity contribution >= 4 is 5.96 Å². The Balaban J connectivity index is 1.65. The summed E-state index contributed by atoms with van der Waals surface area (Å²) in [5.74, 6) is 2.47. The molecule has 0 amide bonds. The van der Waals surface area contributed by atoms with Crippen LogP contribution >= 0.6 is 0 Å². The Morgan fingerprint density at radius 3 is 2.48 bits per heavy atom. The van der Waals surface area contributed by atoms with E-state index < -0.39 is 0 Å². The van der Waals surface area contributed by atoms with Crippen LogP contribution in [0.5, 0.6) is 11.5 Å². The van der Waals surface area contributed by atoms with Gasteiger partial charge in [-0.25, -0.2) is 0 Å². The van der Waals surface area contributed by atoms with Crippen molar-refractivity contribution < 1.29 is 14.2 Å². The van der Waals surface area contributed by atoms with E-state index in [0.717, 1.165) is 76.2 Å². The Labute approximate surface area is 175 Å². The Hall–Kier alpha value is -1.99. The molecule has 1 aromatic carbocycles. The molecule has 0 spiro atoms. The fourth-order valence-electron chi connectivity index (χ4n) is 3.29. The highest BCUT2D eigenvalue weighted by Gasteiger charge is 2.09. The van der Waals surface area contributed by atoms with Gasteiger partial charge in [0, 0.05) is 33.2 Å². The van der Waals surface area contributed by atoms with Gasteiger partial charge in [0.2, 0.25) is 0 Å². The molecule has 7 heteroatoms. The molecular formula is C22H38N4O3. The van der Waals surface area contributed by atoms with Crippen LogP contribution < -0.4 is 20.1 Å². The fourth-order valence-corrected chi connectivity index (χ4v) is 3.29. The van der Waals surface area contributed by atoms with Crippen LogP contribution in [0.1, 0.15) is 32.3 Å². The van der Waals surface area contributed by atoms with E-state index in [2.05, 4.69) is 32.7 Å². The summed E-state index contributed by atoms with van der Waals surface area (Å²) in [6.45, 7) is 12.0. The van der Waals surface area contributed by atoms with Crippen molar-refractivity contribution in [2.75, 3.05) is 66.2 Å². The zero-order chi connectivity index (χ0) is 20.7. The molecule has 0 aliphatic carbocycles. The summed E-state index contributed by atoms with van der Waals surface area (Å²) in [4.78, 5) is 6.79. The summed E-state index contributed by atoms with van der Waals surface area (Å²) in [5.41, 5.74) is 1.21. The van der Waals surface area contributed by atoms with Crippen molar-refractivity contribution in [1.82, 2.24) is 15.5 Å². The van der Waals surface area contributed by atoms with Crippen LogP contribution in [0.4, 0.5) is 0 Å². The second-order valence-electron chi connectivity index (χ2n) is 6.98. The molecule has 0 radical (unpaired) electrons. The number of benzene rings is 1. The van der Waals surface area contributed by atoms with Gasteiger partial charge in [-0.2, -0.15) is 0 Å². The average Bonchev–Trinajstić information content (AvgIpc) is 2.75. The molecule has 1 aliphatic heterocycles. The molecule has 0 aromatic heterocycles. The molecule has 1 fully saturated rings. The van der Waals surface area contributed by atoms with Gasteiger partial charge >= 0.3 is 0 Å². The van der Waals surface area contributed by atoms with E-state index in [4.69, 9.17) is 14.2 Å². The molecule has 0 unspecified atom stereocenters. The molecule has 29 heavy (non-hydrogen) atoms. The van der Waals surface area contributed by atoms with Gasteiger partial charge in [-0.3, -0.25) is 9.89 Å². The minimum Gasteiger partial charge on any atom is -0.490 e. The highest BCUT2D eigenvalue weighted by Crippen LogP contribution is 2.28. The van der Waals surface area contributed by atoms with Crippen LogP contribution in [0.25, 0.3) is 0 Å². The lowest BCUT2D eigenvalue weighted by molar-refractivity contribution is 0.0372. The predicted octanol–water partition coefficient (Wildman–Crippen LogP) is 2.30. The maximum Gasteiger partial charge on any atom is 0.190 e. The van der Waals surface area contributed by atoms with Crippen molar-refractivity contribution in [3.63, 3.8) is 0 Å². The number of nitrogens with zero attached hydrogens (tertiary/aromatic N) is 2. The number of nitrogens with one attached hydrogen (secondary N) is 2. The summed E-state index contributed by atoms with van der Waals surface area (Å²) in [6.07, 6.45) is 3.22. The van der Waals surface area contributed by atoms with E-state index in [9.17, 15) is 0 Å². The topological polar surface area (TPSA) is 67.4 Å². The molecule has 1 saturated heterocycles. The van der Waals surface area contributed by atoms with E-state index in [0.29, 0.717) is 13.2 Å². The van der Waals surface area contributed by atoms with Crippen LogP contribution in [-0.2, 0) is 11.2 Å². The van der Waals surface area contributed by atoms with Gasteiger partial charge in [-0.05, 0) is 57.4 Å². The standard InChI is InChI=1S/C22H38N4O3/c1-4-28-20-9-8-19(18-21(20)29-5-2)10-12-25-22(23-3)24-11-6-7-13-26-14-16-27-17-15-26/h8-9,18H,4-7,10-17H2,1-3H3,(H2,23,24,25). The summed E-state index contributed by atoms with van der Waals surface area (Å²) >= 11 is 0. The molecule has 1 heterocycles. The van der Waals surface area contributed by atoms with E-state index in [-0.39, 0.29) is 0 Å². The van der Waals surface area contributed by atoms with Crippen LogP contribution in [0.15, 0.2) is 23.2 Å². The molecular weight excluding hydrogens is 368 g/mol. The first kappa shape index (κ1) is 23.3. The lowest BCUT2D eigenvalue weighted by Gasteiger charge is -2.26. The maximum atomic E-state index is 5.71. The average molecular weight is 407 g/mol. The molecule has 1 aromatic rings. The first-order valence-electron chi connectivity index (χ1n) is 10.9. The number of aliphatic imine (C=N–C) groups is 1. The maximum absolute atomic E-state index is 5.71. The second kappa shape index (κ2) is 14.1. The van der Waals surface area contributed by atoms with Crippen molar-refractivity contribution in [1.29, 1.82) is 0 Å². The summed E-state index contributed by atoms with van der Waals surface area (Å²) in [6, 6.07) is 6.15. The van der Waals surface area contributed by atoms with Crippen LogP contribution in [0.3, 0.4) is 0 Å². The summed E-state index contributed by atoms with van der Waals surface area (Å²) < 4.78 is 16.7. The van der Waals surface area contributed by atoms with Gasteiger partial charge in [-0.1, -0.05) is 6.07 Å².